The molecule has 1 rings (SSSR count). The van der Waals surface area contributed by atoms with Crippen molar-refractivity contribution in [2.75, 3.05) is 7.11 Å². The van der Waals surface area contributed by atoms with E-state index in [1.54, 1.807) is 18.2 Å². The molecule has 0 aliphatic rings. The third-order valence-electron chi connectivity index (χ3n) is 2.52. The second kappa shape index (κ2) is 5.40. The Labute approximate surface area is 98.0 Å². The first-order chi connectivity index (χ1) is 7.83. The zero-order valence-corrected chi connectivity index (χ0v) is 9.71. The van der Waals surface area contributed by atoms with E-state index in [1.165, 1.54) is 7.11 Å². The van der Waals surface area contributed by atoms with E-state index in [0.29, 0.717) is 11.3 Å². The van der Waals surface area contributed by atoms with Crippen LogP contribution in [0.4, 0.5) is 13.2 Å². The van der Waals surface area contributed by atoms with Crippen LogP contribution in [0, 0.1) is 6.92 Å². The molecule has 96 valence electrons. The van der Waals surface area contributed by atoms with Crippen LogP contribution in [0.15, 0.2) is 18.2 Å². The molecule has 0 aromatic heterocycles. The van der Waals surface area contributed by atoms with Crippen LogP contribution in [0.5, 0.6) is 5.75 Å². The Morgan fingerprint density at radius 2 is 2.00 bits per heavy atom. The summed E-state index contributed by atoms with van der Waals surface area (Å²) in [6.07, 6.45) is -6.69. The van der Waals surface area contributed by atoms with Gasteiger partial charge in [0.05, 0.1) is 13.2 Å². The van der Waals surface area contributed by atoms with Gasteiger partial charge in [0.15, 0.2) is 0 Å². The molecule has 1 unspecified atom stereocenters. The molecule has 5 heteroatoms. The second-order valence-electron chi connectivity index (χ2n) is 3.90. The third-order valence-corrected chi connectivity index (χ3v) is 2.52. The first-order valence-electron chi connectivity index (χ1n) is 5.23. The SMILES string of the molecule is COc1cc(C(O)CCC(F)(F)F)ccc1C. The fourth-order valence-corrected chi connectivity index (χ4v) is 1.51. The zero-order valence-electron chi connectivity index (χ0n) is 9.71. The van der Waals surface area contributed by atoms with Gasteiger partial charge >= 0.3 is 6.18 Å². The number of ether oxygens (including phenoxy) is 1. The summed E-state index contributed by atoms with van der Waals surface area (Å²) >= 11 is 0. The third kappa shape index (κ3) is 4.26. The standard InChI is InChI=1S/C12H15F3O2/c1-8-3-4-9(7-11(8)17-2)10(16)5-6-12(13,14)15/h3-4,7,10,16H,5-6H2,1-2H3. The van der Waals surface area contributed by atoms with Gasteiger partial charge in [-0.05, 0) is 30.5 Å². The summed E-state index contributed by atoms with van der Waals surface area (Å²) in [6, 6.07) is 4.89. The second-order valence-corrected chi connectivity index (χ2v) is 3.90. The molecule has 0 bridgehead atoms. The minimum Gasteiger partial charge on any atom is -0.496 e. The predicted molar refractivity (Wildman–Crippen MR) is 58.0 cm³/mol. The van der Waals surface area contributed by atoms with E-state index in [0.717, 1.165) is 5.56 Å². The summed E-state index contributed by atoms with van der Waals surface area (Å²) in [5.74, 6) is 0.563. The number of aryl methyl sites for hydroxylation is 1. The van der Waals surface area contributed by atoms with Crippen LogP contribution in [0.25, 0.3) is 0 Å². The highest BCUT2D eigenvalue weighted by molar-refractivity contribution is 5.37. The number of benzene rings is 1. The number of alkyl halides is 3. The number of rotatable bonds is 4. The summed E-state index contributed by atoms with van der Waals surface area (Å²) in [5.41, 5.74) is 1.32. The van der Waals surface area contributed by atoms with E-state index in [2.05, 4.69) is 0 Å². The van der Waals surface area contributed by atoms with Crippen molar-refractivity contribution in [1.29, 1.82) is 0 Å². The highest BCUT2D eigenvalue weighted by atomic mass is 19.4. The first kappa shape index (κ1) is 13.8. The van der Waals surface area contributed by atoms with E-state index in [4.69, 9.17) is 4.74 Å². The smallest absolute Gasteiger partial charge is 0.389 e. The lowest BCUT2D eigenvalue weighted by Crippen LogP contribution is -2.10. The summed E-state index contributed by atoms with van der Waals surface area (Å²) in [6.45, 7) is 1.82. The molecule has 1 aromatic carbocycles. The quantitative estimate of drug-likeness (QED) is 0.885. The summed E-state index contributed by atoms with van der Waals surface area (Å²) in [7, 11) is 1.48. The van der Waals surface area contributed by atoms with Gasteiger partial charge in [0.25, 0.3) is 0 Å². The van der Waals surface area contributed by atoms with Crippen LogP contribution >= 0.6 is 0 Å². The average molecular weight is 248 g/mol. The van der Waals surface area contributed by atoms with E-state index >= 15 is 0 Å². The maximum atomic E-state index is 12.0. The van der Waals surface area contributed by atoms with Crippen molar-refractivity contribution in [3.05, 3.63) is 29.3 Å². The monoisotopic (exact) mass is 248 g/mol. The zero-order chi connectivity index (χ0) is 13.1. The van der Waals surface area contributed by atoms with Gasteiger partial charge in [-0.25, -0.2) is 0 Å². The number of methoxy groups -OCH3 is 1. The van der Waals surface area contributed by atoms with Gasteiger partial charge in [-0.2, -0.15) is 13.2 Å². The van der Waals surface area contributed by atoms with Crippen molar-refractivity contribution >= 4 is 0 Å². The van der Waals surface area contributed by atoms with Crippen LogP contribution in [0.2, 0.25) is 0 Å². The Morgan fingerprint density at radius 1 is 1.35 bits per heavy atom. The molecule has 0 aliphatic heterocycles. The van der Waals surface area contributed by atoms with Crippen LogP contribution < -0.4 is 4.74 Å². The van der Waals surface area contributed by atoms with Gasteiger partial charge in [-0.1, -0.05) is 12.1 Å². The minimum atomic E-state index is -4.24. The minimum absolute atomic E-state index is 0.338. The molecule has 2 nitrogen and oxygen atoms in total. The van der Waals surface area contributed by atoms with Gasteiger partial charge in [-0.3, -0.25) is 0 Å². The Hall–Kier alpha value is -1.23. The molecule has 0 fully saturated rings. The van der Waals surface area contributed by atoms with Crippen molar-refractivity contribution in [3.63, 3.8) is 0 Å². The van der Waals surface area contributed by atoms with E-state index in [1.807, 2.05) is 6.92 Å². The first-order valence-corrected chi connectivity index (χ1v) is 5.23. The van der Waals surface area contributed by atoms with Gasteiger partial charge < -0.3 is 9.84 Å². The Morgan fingerprint density at radius 3 is 2.53 bits per heavy atom. The number of aliphatic hydroxyl groups is 1. The number of aliphatic hydroxyl groups excluding tert-OH is 1. The lowest BCUT2D eigenvalue weighted by atomic mass is 10.0. The summed E-state index contributed by atoms with van der Waals surface area (Å²) in [4.78, 5) is 0. The van der Waals surface area contributed by atoms with Crippen LogP contribution in [0.3, 0.4) is 0 Å². The maximum absolute atomic E-state index is 12.0. The Bertz CT molecular complexity index is 375. The van der Waals surface area contributed by atoms with Crippen molar-refractivity contribution in [2.45, 2.75) is 32.0 Å². The van der Waals surface area contributed by atoms with E-state index < -0.39 is 18.7 Å². The van der Waals surface area contributed by atoms with Crippen LogP contribution in [-0.4, -0.2) is 18.4 Å². The molecular formula is C12H15F3O2. The summed E-state index contributed by atoms with van der Waals surface area (Å²) in [5, 5.41) is 9.64. The van der Waals surface area contributed by atoms with Gasteiger partial charge in [0, 0.05) is 6.42 Å². The number of halogens is 3. The normalized spacial score (nSPS) is 13.5. The molecule has 0 heterocycles. The molecule has 1 N–H and O–H groups in total. The molecule has 1 aromatic rings. The predicted octanol–water partition coefficient (Wildman–Crippen LogP) is 3.38. The lowest BCUT2D eigenvalue weighted by molar-refractivity contribution is -0.140. The van der Waals surface area contributed by atoms with Gasteiger partial charge in [-0.15, -0.1) is 0 Å². The Kier molecular flexibility index (Phi) is 4.40. The van der Waals surface area contributed by atoms with E-state index in [9.17, 15) is 18.3 Å². The van der Waals surface area contributed by atoms with Crippen LogP contribution in [-0.2, 0) is 0 Å². The molecule has 0 amide bonds. The number of hydrogen-bond acceptors (Lipinski definition) is 2. The molecule has 17 heavy (non-hydrogen) atoms. The molecule has 0 aliphatic carbocycles. The molecule has 1 atom stereocenters. The lowest BCUT2D eigenvalue weighted by Gasteiger charge is -2.14. The number of hydrogen-bond donors (Lipinski definition) is 1. The molecular weight excluding hydrogens is 233 g/mol. The summed E-state index contributed by atoms with van der Waals surface area (Å²) < 4.78 is 41.1. The van der Waals surface area contributed by atoms with Crippen LogP contribution in [0.1, 0.15) is 30.1 Å². The average Bonchev–Trinajstić information content (AvgIpc) is 2.25. The Balaban J connectivity index is 2.72. The highest BCUT2D eigenvalue weighted by Crippen LogP contribution is 2.29. The molecule has 0 saturated heterocycles. The van der Waals surface area contributed by atoms with E-state index in [-0.39, 0.29) is 6.42 Å². The highest BCUT2D eigenvalue weighted by Gasteiger charge is 2.28. The fraction of sp³-hybridized carbons (Fsp3) is 0.500. The van der Waals surface area contributed by atoms with Crippen molar-refractivity contribution in [2.24, 2.45) is 0 Å². The maximum Gasteiger partial charge on any atom is 0.389 e. The van der Waals surface area contributed by atoms with Crippen molar-refractivity contribution in [1.82, 2.24) is 0 Å². The molecule has 0 saturated carbocycles. The topological polar surface area (TPSA) is 29.5 Å². The largest absolute Gasteiger partial charge is 0.496 e. The fourth-order valence-electron chi connectivity index (χ4n) is 1.51. The molecule has 0 radical (unpaired) electrons. The van der Waals surface area contributed by atoms with Gasteiger partial charge in [0.1, 0.15) is 5.75 Å². The van der Waals surface area contributed by atoms with Crippen molar-refractivity contribution < 1.29 is 23.0 Å². The van der Waals surface area contributed by atoms with Crippen molar-refractivity contribution in [3.8, 4) is 5.75 Å². The molecule has 0 spiro atoms. The van der Waals surface area contributed by atoms with Gasteiger partial charge in [0.2, 0.25) is 0 Å².